The first kappa shape index (κ1) is 81.4. The zero-order chi connectivity index (χ0) is 62.1. The summed E-state index contributed by atoms with van der Waals surface area (Å²) < 4.78 is 30.4. The molecule has 0 aliphatic rings. The lowest BCUT2D eigenvalue weighted by Gasteiger charge is -2.30. The molecule has 1 N–H and O–H groups in total. The van der Waals surface area contributed by atoms with Crippen molar-refractivity contribution in [3.63, 3.8) is 0 Å². The lowest BCUT2D eigenvalue weighted by molar-refractivity contribution is -0.870. The monoisotopic (exact) mass is 1200 g/mol. The number of nitrogens with one attached hydrogen (secondary N) is 1. The Bertz CT molecular complexity index is 1870. The lowest BCUT2D eigenvalue weighted by atomic mass is 10.0. The van der Waals surface area contributed by atoms with E-state index in [1.165, 1.54) is 122 Å². The van der Waals surface area contributed by atoms with Crippen LogP contribution in [-0.4, -0.2) is 69.4 Å². The molecule has 0 aliphatic carbocycles. The normalized spacial score (nSPS) is 14.3. The Labute approximate surface area is 524 Å². The molecule has 0 saturated heterocycles. The lowest BCUT2D eigenvalue weighted by Crippen LogP contribution is -2.47. The topological polar surface area (TPSA) is 114 Å². The van der Waals surface area contributed by atoms with Crippen LogP contribution in [0.4, 0.5) is 0 Å². The average molecular weight is 1200 g/mol. The quantitative estimate of drug-likeness (QED) is 0.0212. The molecular formula is C75H131N2O7P. The van der Waals surface area contributed by atoms with Crippen molar-refractivity contribution in [2.24, 2.45) is 0 Å². The van der Waals surface area contributed by atoms with Gasteiger partial charge in [-0.05, 0) is 122 Å². The van der Waals surface area contributed by atoms with Crippen molar-refractivity contribution in [1.29, 1.82) is 0 Å². The average Bonchev–Trinajstić information content (AvgIpc) is 3.52. The van der Waals surface area contributed by atoms with E-state index in [0.717, 1.165) is 128 Å². The molecule has 0 bridgehead atoms. The SMILES string of the molecule is CC/C=C\C/C=C\C/C=C\C/C=C\C/C=C\C/C=C\CCCCCCC(=O)NC(COP(=O)([O-])OCC[N+](C)(C)C)C(/C=C/CCCCCCCCCCCCC)OC(=O)CCCCCCCCCCCC/C=C\C/C=C\C/C=C\CCCCC. The second-order valence-electron chi connectivity index (χ2n) is 24.3. The number of hydrogen-bond acceptors (Lipinski definition) is 7. The van der Waals surface area contributed by atoms with Crippen LogP contribution in [0.3, 0.4) is 0 Å². The molecule has 0 aliphatic heterocycles. The number of rotatable bonds is 62. The fourth-order valence-electron chi connectivity index (χ4n) is 9.53. The van der Waals surface area contributed by atoms with E-state index in [0.29, 0.717) is 17.4 Å². The largest absolute Gasteiger partial charge is 0.756 e. The van der Waals surface area contributed by atoms with Crippen molar-refractivity contribution in [3.8, 4) is 0 Å². The van der Waals surface area contributed by atoms with E-state index in [2.05, 4.69) is 135 Å². The predicted molar refractivity (Wildman–Crippen MR) is 367 cm³/mol. The van der Waals surface area contributed by atoms with Crippen LogP contribution in [0.25, 0.3) is 0 Å². The minimum absolute atomic E-state index is 0.0343. The van der Waals surface area contributed by atoms with Crippen LogP contribution >= 0.6 is 7.82 Å². The predicted octanol–water partition coefficient (Wildman–Crippen LogP) is 21.6. The van der Waals surface area contributed by atoms with Crippen molar-refractivity contribution in [2.75, 3.05) is 40.9 Å². The number of quaternary nitrogens is 1. The molecule has 0 aromatic heterocycles. The van der Waals surface area contributed by atoms with Crippen molar-refractivity contribution < 1.29 is 37.3 Å². The minimum atomic E-state index is -4.72. The molecule has 85 heavy (non-hydrogen) atoms. The third-order valence-electron chi connectivity index (χ3n) is 14.9. The van der Waals surface area contributed by atoms with Crippen molar-refractivity contribution in [3.05, 3.63) is 122 Å². The van der Waals surface area contributed by atoms with E-state index in [1.807, 2.05) is 33.3 Å². The molecule has 0 saturated carbocycles. The Morgan fingerprint density at radius 1 is 0.424 bits per heavy atom. The summed E-state index contributed by atoms with van der Waals surface area (Å²) in [6.07, 6.45) is 88.8. The van der Waals surface area contributed by atoms with Gasteiger partial charge in [0.05, 0.1) is 33.8 Å². The molecule has 0 heterocycles. The van der Waals surface area contributed by atoms with Gasteiger partial charge in [-0.2, -0.15) is 0 Å². The smallest absolute Gasteiger partial charge is 0.306 e. The van der Waals surface area contributed by atoms with E-state index in [9.17, 15) is 19.0 Å². The Morgan fingerprint density at radius 2 is 0.753 bits per heavy atom. The van der Waals surface area contributed by atoms with E-state index < -0.39 is 26.6 Å². The number of nitrogens with zero attached hydrogens (tertiary/aromatic N) is 1. The highest BCUT2D eigenvalue weighted by Gasteiger charge is 2.27. The van der Waals surface area contributed by atoms with Gasteiger partial charge in [-0.25, -0.2) is 0 Å². The number of phosphoric acid groups is 1. The summed E-state index contributed by atoms with van der Waals surface area (Å²) in [5.41, 5.74) is 0. The number of esters is 1. The molecule has 3 atom stereocenters. The molecule has 488 valence electrons. The van der Waals surface area contributed by atoms with E-state index in [4.69, 9.17) is 13.8 Å². The van der Waals surface area contributed by atoms with Crippen LogP contribution in [0.5, 0.6) is 0 Å². The summed E-state index contributed by atoms with van der Waals surface area (Å²) in [5.74, 6) is -0.576. The number of carbonyl (C=O) groups is 2. The summed E-state index contributed by atoms with van der Waals surface area (Å²) in [6, 6.07) is -0.913. The Morgan fingerprint density at radius 3 is 1.15 bits per heavy atom. The molecule has 0 spiro atoms. The number of ether oxygens (including phenoxy) is 1. The minimum Gasteiger partial charge on any atom is -0.756 e. The number of carbonyl (C=O) groups excluding carboxylic acids is 2. The highest BCUT2D eigenvalue weighted by atomic mass is 31.2. The van der Waals surface area contributed by atoms with Gasteiger partial charge in [0.25, 0.3) is 7.82 Å². The number of phosphoric ester groups is 1. The fourth-order valence-corrected chi connectivity index (χ4v) is 10.3. The van der Waals surface area contributed by atoms with E-state index >= 15 is 0 Å². The third kappa shape index (κ3) is 64.7. The highest BCUT2D eigenvalue weighted by molar-refractivity contribution is 7.45. The van der Waals surface area contributed by atoms with Gasteiger partial charge in [0.1, 0.15) is 19.3 Å². The van der Waals surface area contributed by atoms with Gasteiger partial charge in [0.15, 0.2) is 0 Å². The zero-order valence-electron chi connectivity index (χ0n) is 55.8. The molecular weight excluding hydrogens is 1070 g/mol. The van der Waals surface area contributed by atoms with Gasteiger partial charge in [-0.3, -0.25) is 14.2 Å². The van der Waals surface area contributed by atoms with Crippen LogP contribution in [0.15, 0.2) is 122 Å². The van der Waals surface area contributed by atoms with Gasteiger partial charge in [-0.15, -0.1) is 0 Å². The van der Waals surface area contributed by atoms with Gasteiger partial charge >= 0.3 is 5.97 Å². The maximum Gasteiger partial charge on any atom is 0.306 e. The Hall–Kier alpha value is -3.59. The first-order valence-electron chi connectivity index (χ1n) is 34.8. The molecule has 9 nitrogen and oxygen atoms in total. The molecule has 1 amide bonds. The number of allylic oxidation sites excluding steroid dienone is 19. The van der Waals surface area contributed by atoms with Gasteiger partial charge in [-0.1, -0.05) is 277 Å². The molecule has 0 fully saturated rings. The summed E-state index contributed by atoms with van der Waals surface area (Å²) in [7, 11) is 1.15. The summed E-state index contributed by atoms with van der Waals surface area (Å²) >= 11 is 0. The number of likely N-dealkylation sites (N-methyl/N-ethyl adjacent to an activating group) is 1. The van der Waals surface area contributed by atoms with E-state index in [-0.39, 0.29) is 31.3 Å². The summed E-state index contributed by atoms with van der Waals surface area (Å²) in [5, 5.41) is 3.03. The second kappa shape index (κ2) is 63.4. The summed E-state index contributed by atoms with van der Waals surface area (Å²) in [4.78, 5) is 40.2. The van der Waals surface area contributed by atoms with Gasteiger partial charge in [0.2, 0.25) is 5.91 Å². The molecule has 0 rings (SSSR count). The molecule has 0 radical (unpaired) electrons. The molecule has 3 unspecified atom stereocenters. The van der Waals surface area contributed by atoms with Crippen LogP contribution < -0.4 is 10.2 Å². The van der Waals surface area contributed by atoms with Crippen molar-refractivity contribution in [2.45, 2.75) is 303 Å². The Kier molecular flexibility index (Phi) is 60.8. The van der Waals surface area contributed by atoms with E-state index in [1.54, 1.807) is 0 Å². The molecule has 0 aromatic carbocycles. The van der Waals surface area contributed by atoms with Crippen LogP contribution in [0.2, 0.25) is 0 Å². The maximum absolute atomic E-state index is 13.6. The zero-order valence-corrected chi connectivity index (χ0v) is 56.7. The van der Waals surface area contributed by atoms with Gasteiger partial charge in [0, 0.05) is 12.8 Å². The van der Waals surface area contributed by atoms with Crippen LogP contribution in [-0.2, 0) is 27.9 Å². The summed E-state index contributed by atoms with van der Waals surface area (Å²) in [6.45, 7) is 6.69. The highest BCUT2D eigenvalue weighted by Crippen LogP contribution is 2.38. The second-order valence-corrected chi connectivity index (χ2v) is 25.7. The van der Waals surface area contributed by atoms with Crippen LogP contribution in [0, 0.1) is 0 Å². The van der Waals surface area contributed by atoms with Gasteiger partial charge < -0.3 is 28.5 Å². The first-order chi connectivity index (χ1) is 41.4. The number of unbranched alkanes of at least 4 members (excludes halogenated alkanes) is 28. The molecule has 10 heteroatoms. The number of amides is 1. The van der Waals surface area contributed by atoms with Crippen molar-refractivity contribution in [1.82, 2.24) is 5.32 Å². The standard InChI is InChI=1S/C75H131N2O7P/c1-7-10-13-16-19-22-25-28-30-32-34-36-38-40-42-44-46-49-52-55-58-61-64-67-74(78)76-72(71-83-85(80,81)82-70-69-77(4,5)6)73(66-63-60-57-54-51-48-27-24-21-18-15-12-9-3)84-75(79)68-65-62-59-56-53-50-47-45-43-41-39-37-35-33-31-29-26-23-20-17-14-11-8-2/h10,13,19-20,22-23,28-31,34-37,40,42,46,49,63,66,72-73H,7-9,11-12,14-18,21,24-27,32-33,38-39,41,43-45,47-48,50-62,64-65,67-71H2,1-6H3,(H-,76,78,80,81)/b13-10-,22-19-,23-20-,30-28-,31-29-,36-34-,37-35-,42-40-,49-46-,66-63+. The fraction of sp³-hybridized carbons (Fsp3) is 0.707. The Balaban J connectivity index is 5.22. The third-order valence-corrected chi connectivity index (χ3v) is 15.8. The first-order valence-corrected chi connectivity index (χ1v) is 36.3. The van der Waals surface area contributed by atoms with Crippen molar-refractivity contribution >= 4 is 19.7 Å². The molecule has 0 aromatic rings. The maximum atomic E-state index is 13.6. The van der Waals surface area contributed by atoms with Crippen LogP contribution in [0.1, 0.15) is 290 Å². The number of hydrogen-bond donors (Lipinski definition) is 1.